The van der Waals surface area contributed by atoms with Gasteiger partial charge in [-0.1, -0.05) is 72.3 Å². The topological polar surface area (TPSA) is 54.5 Å². The third-order valence-corrected chi connectivity index (χ3v) is 5.24. The van der Waals surface area contributed by atoms with Gasteiger partial charge in [0.15, 0.2) is 0 Å². The Labute approximate surface area is 178 Å². The molecule has 5 rings (SSSR count). The van der Waals surface area contributed by atoms with Crippen LogP contribution in [0.5, 0.6) is 0 Å². The van der Waals surface area contributed by atoms with Crippen LogP contribution in [0.2, 0.25) is 5.02 Å². The van der Waals surface area contributed by atoms with Crippen LogP contribution in [0.1, 0.15) is 16.7 Å². The van der Waals surface area contributed by atoms with E-state index < -0.39 is 0 Å². The van der Waals surface area contributed by atoms with Crippen molar-refractivity contribution in [1.29, 1.82) is 5.26 Å². The molecule has 0 atom stereocenters. The Morgan fingerprint density at radius 2 is 1.70 bits per heavy atom. The highest BCUT2D eigenvalue weighted by Crippen LogP contribution is 2.24. The minimum absolute atomic E-state index is 0.559. The monoisotopic (exact) mass is 406 g/mol. The standard InChI is InChI=1S/C25H15ClN4/c26-21-11-6-17(7-12-21)5-8-18-9-13-22(15-20(18)16-27)30-28-24-14-10-19-3-1-2-4-23(19)25(24)29-30/h1-15H/b8-5+. The van der Waals surface area contributed by atoms with Crippen molar-refractivity contribution < 1.29 is 0 Å². The summed E-state index contributed by atoms with van der Waals surface area (Å²) in [5, 5.41) is 21.8. The average Bonchev–Trinajstić information content (AvgIpc) is 3.23. The lowest BCUT2D eigenvalue weighted by Crippen LogP contribution is -1.99. The maximum absolute atomic E-state index is 9.65. The van der Waals surface area contributed by atoms with Gasteiger partial charge in [-0.2, -0.15) is 10.1 Å². The first kappa shape index (κ1) is 18.1. The normalized spacial score (nSPS) is 11.3. The zero-order valence-electron chi connectivity index (χ0n) is 15.8. The first-order valence-electron chi connectivity index (χ1n) is 9.44. The lowest BCUT2D eigenvalue weighted by atomic mass is 10.1. The van der Waals surface area contributed by atoms with Gasteiger partial charge in [-0.05, 0) is 46.8 Å². The Morgan fingerprint density at radius 1 is 0.867 bits per heavy atom. The number of hydrogen-bond donors (Lipinski definition) is 0. The number of nitriles is 1. The number of hydrogen-bond acceptors (Lipinski definition) is 3. The van der Waals surface area contributed by atoms with Gasteiger partial charge in [0.1, 0.15) is 11.0 Å². The fraction of sp³-hybridized carbons (Fsp3) is 0. The van der Waals surface area contributed by atoms with Gasteiger partial charge in [-0.3, -0.25) is 0 Å². The third-order valence-electron chi connectivity index (χ3n) is 4.99. The van der Waals surface area contributed by atoms with Gasteiger partial charge in [-0.25, -0.2) is 0 Å². The quantitative estimate of drug-likeness (QED) is 0.332. The van der Waals surface area contributed by atoms with E-state index in [9.17, 15) is 5.26 Å². The molecule has 0 aliphatic heterocycles. The molecule has 0 unspecified atom stereocenters. The van der Waals surface area contributed by atoms with Crippen molar-refractivity contribution >= 4 is 45.6 Å². The molecule has 0 amide bonds. The van der Waals surface area contributed by atoms with Crippen LogP contribution >= 0.6 is 11.6 Å². The van der Waals surface area contributed by atoms with E-state index in [2.05, 4.69) is 22.3 Å². The lowest BCUT2D eigenvalue weighted by Gasteiger charge is -2.03. The molecule has 0 fully saturated rings. The summed E-state index contributed by atoms with van der Waals surface area (Å²) in [6.07, 6.45) is 3.88. The van der Waals surface area contributed by atoms with E-state index in [4.69, 9.17) is 11.6 Å². The van der Waals surface area contributed by atoms with Crippen molar-refractivity contribution in [3.63, 3.8) is 0 Å². The summed E-state index contributed by atoms with van der Waals surface area (Å²) in [5.41, 5.74) is 4.81. The summed E-state index contributed by atoms with van der Waals surface area (Å²) in [5.74, 6) is 0. The van der Waals surface area contributed by atoms with Crippen LogP contribution < -0.4 is 0 Å². The van der Waals surface area contributed by atoms with Gasteiger partial charge in [0.25, 0.3) is 0 Å². The Hall–Kier alpha value is -3.94. The van der Waals surface area contributed by atoms with Crippen LogP contribution in [0, 0.1) is 11.3 Å². The molecule has 142 valence electrons. The fourth-order valence-corrected chi connectivity index (χ4v) is 3.56. The molecule has 0 aliphatic carbocycles. The molecule has 5 aromatic rings. The molecule has 0 saturated heterocycles. The average molecular weight is 407 g/mol. The fourth-order valence-electron chi connectivity index (χ4n) is 3.43. The van der Waals surface area contributed by atoms with E-state index in [1.807, 2.05) is 84.9 Å². The minimum Gasteiger partial charge on any atom is -0.192 e. The number of benzene rings is 4. The van der Waals surface area contributed by atoms with Crippen LogP contribution in [0.25, 0.3) is 39.6 Å². The molecule has 0 aliphatic rings. The van der Waals surface area contributed by atoms with Gasteiger partial charge in [0.2, 0.25) is 0 Å². The van der Waals surface area contributed by atoms with Gasteiger partial charge in [0.05, 0.1) is 17.3 Å². The SMILES string of the molecule is N#Cc1cc(-n2nc3ccc4ccccc4c3n2)ccc1/C=C/c1ccc(Cl)cc1. The van der Waals surface area contributed by atoms with Crippen molar-refractivity contribution in [3.05, 3.63) is 101 Å². The van der Waals surface area contributed by atoms with Gasteiger partial charge >= 0.3 is 0 Å². The lowest BCUT2D eigenvalue weighted by molar-refractivity contribution is 0.766. The zero-order chi connectivity index (χ0) is 20.5. The van der Waals surface area contributed by atoms with Gasteiger partial charge in [0, 0.05) is 10.4 Å². The molecule has 5 heteroatoms. The van der Waals surface area contributed by atoms with Crippen molar-refractivity contribution in [1.82, 2.24) is 15.0 Å². The molecule has 4 aromatic carbocycles. The molecule has 4 nitrogen and oxygen atoms in total. The largest absolute Gasteiger partial charge is 0.192 e. The molecular formula is C25H15ClN4. The number of fused-ring (bicyclic) bond motifs is 3. The molecule has 0 N–H and O–H groups in total. The summed E-state index contributed by atoms with van der Waals surface area (Å²) >= 11 is 5.93. The highest BCUT2D eigenvalue weighted by Gasteiger charge is 2.10. The highest BCUT2D eigenvalue weighted by molar-refractivity contribution is 6.30. The molecule has 0 spiro atoms. The Morgan fingerprint density at radius 3 is 2.53 bits per heavy atom. The van der Waals surface area contributed by atoms with E-state index in [0.717, 1.165) is 38.6 Å². The smallest absolute Gasteiger partial charge is 0.121 e. The summed E-state index contributed by atoms with van der Waals surface area (Å²) in [6, 6.07) is 27.6. The maximum atomic E-state index is 9.65. The number of rotatable bonds is 3. The zero-order valence-corrected chi connectivity index (χ0v) is 16.6. The predicted molar refractivity (Wildman–Crippen MR) is 121 cm³/mol. The molecule has 0 saturated carbocycles. The molecule has 30 heavy (non-hydrogen) atoms. The van der Waals surface area contributed by atoms with E-state index in [0.29, 0.717) is 10.6 Å². The summed E-state index contributed by atoms with van der Waals surface area (Å²) in [4.78, 5) is 1.59. The number of nitrogens with zero attached hydrogens (tertiary/aromatic N) is 4. The second kappa shape index (κ2) is 7.47. The van der Waals surface area contributed by atoms with Crippen LogP contribution in [0.15, 0.2) is 78.9 Å². The van der Waals surface area contributed by atoms with Crippen molar-refractivity contribution in [3.8, 4) is 11.8 Å². The van der Waals surface area contributed by atoms with Crippen molar-refractivity contribution in [2.45, 2.75) is 0 Å². The van der Waals surface area contributed by atoms with E-state index in [1.54, 1.807) is 4.80 Å². The van der Waals surface area contributed by atoms with Crippen LogP contribution in [0.4, 0.5) is 0 Å². The molecular weight excluding hydrogens is 392 g/mol. The Kier molecular flexibility index (Phi) is 4.51. The highest BCUT2D eigenvalue weighted by atomic mass is 35.5. The maximum Gasteiger partial charge on any atom is 0.121 e. The van der Waals surface area contributed by atoms with Crippen LogP contribution in [0.3, 0.4) is 0 Å². The van der Waals surface area contributed by atoms with E-state index in [-0.39, 0.29) is 0 Å². The predicted octanol–water partition coefficient (Wildman–Crippen LogP) is 6.27. The number of halogens is 1. The van der Waals surface area contributed by atoms with Gasteiger partial charge < -0.3 is 0 Å². The van der Waals surface area contributed by atoms with E-state index in [1.165, 1.54) is 0 Å². The molecule has 0 radical (unpaired) electrons. The summed E-state index contributed by atoms with van der Waals surface area (Å²) in [7, 11) is 0. The van der Waals surface area contributed by atoms with E-state index >= 15 is 0 Å². The second-order valence-corrected chi connectivity index (χ2v) is 7.35. The Balaban J connectivity index is 1.53. The first-order valence-corrected chi connectivity index (χ1v) is 9.82. The van der Waals surface area contributed by atoms with Crippen LogP contribution in [-0.2, 0) is 0 Å². The summed E-state index contributed by atoms with van der Waals surface area (Å²) in [6.45, 7) is 0. The van der Waals surface area contributed by atoms with Crippen molar-refractivity contribution in [2.75, 3.05) is 0 Å². The molecule has 1 heterocycles. The summed E-state index contributed by atoms with van der Waals surface area (Å²) < 4.78 is 0. The molecule has 0 bridgehead atoms. The first-order chi connectivity index (χ1) is 14.7. The minimum atomic E-state index is 0.559. The third kappa shape index (κ3) is 3.32. The van der Waals surface area contributed by atoms with Gasteiger partial charge in [-0.15, -0.1) is 10.2 Å². The van der Waals surface area contributed by atoms with Crippen LogP contribution in [-0.4, -0.2) is 15.0 Å². The second-order valence-electron chi connectivity index (χ2n) is 6.91. The van der Waals surface area contributed by atoms with Crippen molar-refractivity contribution in [2.24, 2.45) is 0 Å². The molecule has 1 aromatic heterocycles. The number of aromatic nitrogens is 3. The Bertz CT molecular complexity index is 1460.